The second-order valence-electron chi connectivity index (χ2n) is 5.16. The number of hydrogen-bond donors (Lipinski definition) is 1. The number of fused-ring (bicyclic) bond motifs is 1. The van der Waals surface area contributed by atoms with Gasteiger partial charge in [-0.25, -0.2) is 4.79 Å². The summed E-state index contributed by atoms with van der Waals surface area (Å²) >= 11 is 0. The third kappa shape index (κ3) is 2.88. The fraction of sp³-hybridized carbons (Fsp3) is 0.294. The molecular formula is C17H19NO4. The SMILES string of the molecule is CCOC(=O)c1c(O)c2ccccc2n(CC=C(C)C)c1=O. The van der Waals surface area contributed by atoms with Crippen molar-refractivity contribution in [3.63, 3.8) is 0 Å². The number of esters is 1. The van der Waals surface area contributed by atoms with E-state index in [1.807, 2.05) is 19.9 Å². The largest absolute Gasteiger partial charge is 0.506 e. The highest BCUT2D eigenvalue weighted by molar-refractivity contribution is 5.99. The van der Waals surface area contributed by atoms with E-state index >= 15 is 0 Å². The Hall–Kier alpha value is -2.56. The van der Waals surface area contributed by atoms with Crippen LogP contribution in [0, 0.1) is 0 Å². The molecule has 0 bridgehead atoms. The van der Waals surface area contributed by atoms with Crippen molar-refractivity contribution in [1.82, 2.24) is 4.57 Å². The smallest absolute Gasteiger partial charge is 0.347 e. The van der Waals surface area contributed by atoms with Crippen molar-refractivity contribution in [2.75, 3.05) is 6.61 Å². The topological polar surface area (TPSA) is 68.5 Å². The van der Waals surface area contributed by atoms with E-state index in [-0.39, 0.29) is 17.9 Å². The molecule has 2 aromatic rings. The van der Waals surface area contributed by atoms with Crippen molar-refractivity contribution in [3.8, 4) is 5.75 Å². The minimum atomic E-state index is -0.804. The number of aromatic hydroxyl groups is 1. The molecule has 0 spiro atoms. The van der Waals surface area contributed by atoms with Gasteiger partial charge in [-0.05, 0) is 32.9 Å². The standard InChI is InChI=1S/C17H19NO4/c1-4-22-17(21)14-15(19)12-7-5-6-8-13(12)18(16(14)20)10-9-11(2)3/h5-9,19H,4,10H2,1-3H3. The van der Waals surface area contributed by atoms with Gasteiger partial charge in [0.1, 0.15) is 5.75 Å². The number of hydrogen-bond acceptors (Lipinski definition) is 4. The molecule has 1 N–H and O–H groups in total. The first-order valence-corrected chi connectivity index (χ1v) is 7.12. The van der Waals surface area contributed by atoms with Gasteiger partial charge in [0.25, 0.3) is 5.56 Å². The van der Waals surface area contributed by atoms with Crippen LogP contribution in [-0.4, -0.2) is 22.2 Å². The molecule has 0 amide bonds. The van der Waals surface area contributed by atoms with Crippen LogP contribution in [0.1, 0.15) is 31.1 Å². The number of pyridine rings is 1. The zero-order valence-corrected chi connectivity index (χ0v) is 12.9. The highest BCUT2D eigenvalue weighted by Crippen LogP contribution is 2.26. The Labute approximate surface area is 128 Å². The highest BCUT2D eigenvalue weighted by atomic mass is 16.5. The fourth-order valence-electron chi connectivity index (χ4n) is 2.23. The molecule has 0 aliphatic rings. The van der Waals surface area contributed by atoms with Gasteiger partial charge in [-0.15, -0.1) is 0 Å². The first kappa shape index (κ1) is 15.8. The van der Waals surface area contributed by atoms with Crippen LogP contribution in [0.25, 0.3) is 10.9 Å². The van der Waals surface area contributed by atoms with Gasteiger partial charge in [0.05, 0.1) is 12.1 Å². The Morgan fingerprint density at radius 1 is 1.32 bits per heavy atom. The maximum Gasteiger partial charge on any atom is 0.347 e. The number of carbonyl (C=O) groups excluding carboxylic acids is 1. The number of ether oxygens (including phenoxy) is 1. The quantitative estimate of drug-likeness (QED) is 0.696. The number of aromatic nitrogens is 1. The van der Waals surface area contributed by atoms with E-state index in [0.29, 0.717) is 17.4 Å². The lowest BCUT2D eigenvalue weighted by Crippen LogP contribution is -2.27. The number of nitrogens with zero attached hydrogens (tertiary/aromatic N) is 1. The second kappa shape index (κ2) is 6.47. The average molecular weight is 301 g/mol. The summed E-state index contributed by atoms with van der Waals surface area (Å²) in [4.78, 5) is 24.6. The Morgan fingerprint density at radius 3 is 2.64 bits per heavy atom. The van der Waals surface area contributed by atoms with Crippen LogP contribution < -0.4 is 5.56 Å². The van der Waals surface area contributed by atoms with Crippen LogP contribution in [-0.2, 0) is 11.3 Å². The minimum Gasteiger partial charge on any atom is -0.506 e. The van der Waals surface area contributed by atoms with Gasteiger partial charge in [-0.2, -0.15) is 0 Å². The Kier molecular flexibility index (Phi) is 4.65. The summed E-state index contributed by atoms with van der Waals surface area (Å²) in [6.45, 7) is 5.98. The summed E-state index contributed by atoms with van der Waals surface area (Å²) in [5.74, 6) is -1.13. The van der Waals surface area contributed by atoms with Gasteiger partial charge in [0, 0.05) is 11.9 Å². The van der Waals surface area contributed by atoms with E-state index in [1.165, 1.54) is 4.57 Å². The van der Waals surface area contributed by atoms with Crippen molar-refractivity contribution in [2.45, 2.75) is 27.3 Å². The lowest BCUT2D eigenvalue weighted by molar-refractivity contribution is 0.0520. The summed E-state index contributed by atoms with van der Waals surface area (Å²) in [5, 5.41) is 10.8. The molecule has 0 radical (unpaired) electrons. The van der Waals surface area contributed by atoms with Crippen LogP contribution in [0.3, 0.4) is 0 Å². The maximum absolute atomic E-state index is 12.6. The van der Waals surface area contributed by atoms with E-state index < -0.39 is 11.5 Å². The van der Waals surface area contributed by atoms with E-state index in [0.717, 1.165) is 5.57 Å². The average Bonchev–Trinajstić information content (AvgIpc) is 2.47. The molecule has 0 unspecified atom stereocenters. The zero-order valence-electron chi connectivity index (χ0n) is 12.9. The molecule has 1 heterocycles. The van der Waals surface area contributed by atoms with Crippen LogP contribution in [0.5, 0.6) is 5.75 Å². The predicted octanol–water partition coefficient (Wildman–Crippen LogP) is 2.85. The summed E-state index contributed by atoms with van der Waals surface area (Å²) in [6, 6.07) is 6.94. The number of carbonyl (C=O) groups is 1. The molecule has 0 fully saturated rings. The molecule has 2 rings (SSSR count). The Morgan fingerprint density at radius 2 is 2.00 bits per heavy atom. The van der Waals surface area contributed by atoms with E-state index in [4.69, 9.17) is 4.74 Å². The molecule has 0 aliphatic carbocycles. The van der Waals surface area contributed by atoms with Crippen molar-refractivity contribution >= 4 is 16.9 Å². The molecule has 1 aromatic heterocycles. The Balaban J connectivity index is 2.79. The lowest BCUT2D eigenvalue weighted by Gasteiger charge is -2.13. The molecule has 1 aromatic carbocycles. The molecular weight excluding hydrogens is 282 g/mol. The predicted molar refractivity (Wildman–Crippen MR) is 85.3 cm³/mol. The number of allylic oxidation sites excluding steroid dienone is 2. The van der Waals surface area contributed by atoms with Gasteiger partial charge in [-0.3, -0.25) is 4.79 Å². The van der Waals surface area contributed by atoms with E-state index in [2.05, 4.69) is 0 Å². The third-order valence-electron chi connectivity index (χ3n) is 3.31. The summed E-state index contributed by atoms with van der Waals surface area (Å²) < 4.78 is 6.36. The van der Waals surface area contributed by atoms with Crippen LogP contribution >= 0.6 is 0 Å². The van der Waals surface area contributed by atoms with Crippen molar-refractivity contribution in [3.05, 3.63) is 51.8 Å². The van der Waals surface area contributed by atoms with Crippen molar-refractivity contribution in [2.24, 2.45) is 0 Å². The van der Waals surface area contributed by atoms with Crippen LogP contribution in [0.4, 0.5) is 0 Å². The Bertz CT molecular complexity index is 798. The first-order chi connectivity index (χ1) is 10.5. The number of para-hydroxylation sites is 1. The molecule has 0 atom stereocenters. The normalized spacial score (nSPS) is 10.5. The molecule has 22 heavy (non-hydrogen) atoms. The van der Waals surface area contributed by atoms with Gasteiger partial charge in [0.2, 0.25) is 0 Å². The first-order valence-electron chi connectivity index (χ1n) is 7.12. The van der Waals surface area contributed by atoms with Gasteiger partial charge < -0.3 is 14.4 Å². The lowest BCUT2D eigenvalue weighted by atomic mass is 10.1. The van der Waals surface area contributed by atoms with Gasteiger partial charge in [0.15, 0.2) is 5.56 Å². The maximum atomic E-state index is 12.6. The summed E-state index contributed by atoms with van der Waals surface area (Å²) in [7, 11) is 0. The molecule has 116 valence electrons. The molecule has 0 saturated carbocycles. The monoisotopic (exact) mass is 301 g/mol. The fourth-order valence-corrected chi connectivity index (χ4v) is 2.23. The van der Waals surface area contributed by atoms with Crippen LogP contribution in [0.2, 0.25) is 0 Å². The van der Waals surface area contributed by atoms with E-state index in [1.54, 1.807) is 31.2 Å². The summed E-state index contributed by atoms with van der Waals surface area (Å²) in [5.41, 5.74) is 0.771. The second-order valence-corrected chi connectivity index (χ2v) is 5.16. The molecule has 5 heteroatoms. The van der Waals surface area contributed by atoms with Crippen LogP contribution in [0.15, 0.2) is 40.7 Å². The summed E-state index contributed by atoms with van der Waals surface area (Å²) in [6.07, 6.45) is 1.89. The van der Waals surface area contributed by atoms with Crippen molar-refractivity contribution in [1.29, 1.82) is 0 Å². The highest BCUT2D eigenvalue weighted by Gasteiger charge is 2.22. The molecule has 5 nitrogen and oxygen atoms in total. The molecule has 0 aliphatic heterocycles. The van der Waals surface area contributed by atoms with Gasteiger partial charge in [-0.1, -0.05) is 23.8 Å². The van der Waals surface area contributed by atoms with Crippen molar-refractivity contribution < 1.29 is 14.6 Å². The van der Waals surface area contributed by atoms with E-state index in [9.17, 15) is 14.7 Å². The zero-order chi connectivity index (χ0) is 16.3. The minimum absolute atomic E-state index is 0.137. The third-order valence-corrected chi connectivity index (χ3v) is 3.31. The number of rotatable bonds is 4. The van der Waals surface area contributed by atoms with Gasteiger partial charge >= 0.3 is 5.97 Å². The molecule has 0 saturated heterocycles. The number of benzene rings is 1.